The number of hydrogen-bond donors (Lipinski definition) is 1. The lowest BCUT2D eigenvalue weighted by Crippen LogP contribution is -2.14. The molecular weight excluding hydrogens is 260 g/mol. The highest BCUT2D eigenvalue weighted by Crippen LogP contribution is 2.19. The van der Waals surface area contributed by atoms with Crippen molar-refractivity contribution in [3.63, 3.8) is 0 Å². The Kier molecular flexibility index (Phi) is 5.04. The van der Waals surface area contributed by atoms with Crippen LogP contribution in [-0.2, 0) is 0 Å². The molecule has 0 fully saturated rings. The lowest BCUT2D eigenvalue weighted by molar-refractivity contribution is 0.873. The molecule has 0 aliphatic carbocycles. The number of aromatic amines is 1. The summed E-state index contributed by atoms with van der Waals surface area (Å²) < 4.78 is 0. The molecule has 1 N–H and O–H groups in total. The summed E-state index contributed by atoms with van der Waals surface area (Å²) in [6.45, 7) is 5.64. The molecule has 0 saturated heterocycles. The van der Waals surface area contributed by atoms with E-state index < -0.39 is 0 Å². The quantitative estimate of drug-likeness (QED) is 0.845. The summed E-state index contributed by atoms with van der Waals surface area (Å²) in [6.07, 6.45) is 9.43. The zero-order valence-electron chi connectivity index (χ0n) is 12.0. The van der Waals surface area contributed by atoms with E-state index in [0.29, 0.717) is 5.69 Å². The Labute approximate surface area is 124 Å². The van der Waals surface area contributed by atoms with Gasteiger partial charge in [0.1, 0.15) is 0 Å². The zero-order valence-corrected chi connectivity index (χ0v) is 12.0. The molecule has 1 unspecified atom stereocenters. The summed E-state index contributed by atoms with van der Waals surface area (Å²) in [4.78, 5) is 18.6. The van der Waals surface area contributed by atoms with Gasteiger partial charge in [-0.15, -0.1) is 0 Å². The second kappa shape index (κ2) is 7.20. The van der Waals surface area contributed by atoms with Crippen LogP contribution in [0.25, 0.3) is 11.3 Å². The molecule has 21 heavy (non-hydrogen) atoms. The van der Waals surface area contributed by atoms with E-state index in [1.54, 1.807) is 6.08 Å². The third-order valence-corrected chi connectivity index (χ3v) is 3.08. The van der Waals surface area contributed by atoms with Crippen LogP contribution < -0.4 is 5.69 Å². The number of allylic oxidation sites excluding steroid dienone is 5. The number of rotatable bonds is 5. The van der Waals surface area contributed by atoms with Crippen molar-refractivity contribution in [2.45, 2.75) is 12.8 Å². The summed E-state index contributed by atoms with van der Waals surface area (Å²) in [6, 6.07) is 11.6. The fourth-order valence-electron chi connectivity index (χ4n) is 1.96. The summed E-state index contributed by atoms with van der Waals surface area (Å²) in [5, 5.41) is 0. The second-order valence-corrected chi connectivity index (χ2v) is 4.69. The van der Waals surface area contributed by atoms with Crippen LogP contribution in [0.2, 0.25) is 0 Å². The Bertz CT molecular complexity index is 711. The van der Waals surface area contributed by atoms with Gasteiger partial charge in [-0.25, -0.2) is 4.79 Å². The number of nitrogens with zero attached hydrogens (tertiary/aromatic N) is 1. The monoisotopic (exact) mass is 278 g/mol. The van der Waals surface area contributed by atoms with Gasteiger partial charge in [0.05, 0.1) is 5.69 Å². The molecule has 0 bridgehead atoms. The zero-order chi connectivity index (χ0) is 15.1. The van der Waals surface area contributed by atoms with E-state index in [9.17, 15) is 4.79 Å². The molecule has 1 aromatic heterocycles. The highest BCUT2D eigenvalue weighted by molar-refractivity contribution is 5.58. The number of aromatic nitrogens is 2. The molecule has 0 saturated carbocycles. The lowest BCUT2D eigenvalue weighted by Gasteiger charge is -2.08. The van der Waals surface area contributed by atoms with Crippen molar-refractivity contribution in [2.24, 2.45) is 0 Å². The van der Waals surface area contributed by atoms with Crippen LogP contribution in [0.3, 0.4) is 0 Å². The van der Waals surface area contributed by atoms with E-state index >= 15 is 0 Å². The van der Waals surface area contributed by atoms with Crippen molar-refractivity contribution in [2.75, 3.05) is 0 Å². The largest absolute Gasteiger partial charge is 0.345 e. The van der Waals surface area contributed by atoms with Gasteiger partial charge in [-0.05, 0) is 6.07 Å². The first kappa shape index (κ1) is 14.7. The van der Waals surface area contributed by atoms with Gasteiger partial charge in [-0.3, -0.25) is 0 Å². The number of nitrogens with one attached hydrogen (secondary N) is 1. The van der Waals surface area contributed by atoms with Crippen molar-refractivity contribution in [1.29, 1.82) is 0 Å². The van der Waals surface area contributed by atoms with Crippen LogP contribution in [0.15, 0.2) is 78.2 Å². The molecule has 3 nitrogen and oxygen atoms in total. The van der Waals surface area contributed by atoms with E-state index in [0.717, 1.165) is 11.3 Å². The normalized spacial score (nSPS) is 12.8. The predicted molar refractivity (Wildman–Crippen MR) is 87.2 cm³/mol. The Morgan fingerprint density at radius 3 is 2.67 bits per heavy atom. The minimum Gasteiger partial charge on any atom is -0.309 e. The maximum atomic E-state index is 11.7. The highest BCUT2D eigenvalue weighted by Gasteiger charge is 2.07. The molecule has 1 heterocycles. The van der Waals surface area contributed by atoms with E-state index in [2.05, 4.69) is 16.5 Å². The maximum Gasteiger partial charge on any atom is 0.345 e. The maximum absolute atomic E-state index is 11.7. The summed E-state index contributed by atoms with van der Waals surface area (Å²) in [5.74, 6) is 0.0950. The van der Waals surface area contributed by atoms with Gasteiger partial charge in [-0.1, -0.05) is 74.2 Å². The predicted octanol–water partition coefficient (Wildman–Crippen LogP) is 3.84. The van der Waals surface area contributed by atoms with Gasteiger partial charge in [0, 0.05) is 17.2 Å². The first-order valence-corrected chi connectivity index (χ1v) is 6.83. The van der Waals surface area contributed by atoms with Crippen molar-refractivity contribution in [3.8, 4) is 11.3 Å². The minimum atomic E-state index is -0.326. The number of benzene rings is 1. The molecule has 1 aromatic carbocycles. The first-order valence-electron chi connectivity index (χ1n) is 6.83. The molecule has 0 aliphatic rings. The standard InChI is InChI=1S/C18H18N2O/c1-3-4-5-7-10-14(2)16-13-17(20-18(21)19-16)15-11-8-6-9-12-15/h3-14H,1H2,2H3,(H,19,20,21)/b5-4-,10-7-. The fraction of sp³-hybridized carbons (Fsp3) is 0.111. The van der Waals surface area contributed by atoms with Gasteiger partial charge in [-0.2, -0.15) is 4.98 Å². The van der Waals surface area contributed by atoms with Crippen LogP contribution in [0.1, 0.15) is 18.5 Å². The average Bonchev–Trinajstić information content (AvgIpc) is 2.51. The summed E-state index contributed by atoms with van der Waals surface area (Å²) in [5.41, 5.74) is 2.15. The van der Waals surface area contributed by atoms with Crippen LogP contribution in [-0.4, -0.2) is 9.97 Å². The third-order valence-electron chi connectivity index (χ3n) is 3.08. The van der Waals surface area contributed by atoms with E-state index in [4.69, 9.17) is 0 Å². The molecule has 0 spiro atoms. The Balaban J connectivity index is 2.31. The van der Waals surface area contributed by atoms with Gasteiger partial charge in [0.15, 0.2) is 0 Å². The lowest BCUT2D eigenvalue weighted by atomic mass is 10.0. The van der Waals surface area contributed by atoms with Crippen molar-refractivity contribution >= 4 is 0 Å². The van der Waals surface area contributed by atoms with Gasteiger partial charge in [0.25, 0.3) is 0 Å². The van der Waals surface area contributed by atoms with Crippen molar-refractivity contribution in [1.82, 2.24) is 9.97 Å². The first-order chi connectivity index (χ1) is 10.2. The van der Waals surface area contributed by atoms with Gasteiger partial charge in [0.2, 0.25) is 0 Å². The average molecular weight is 278 g/mol. The Hall–Kier alpha value is -2.68. The topological polar surface area (TPSA) is 45.8 Å². The van der Waals surface area contributed by atoms with Crippen LogP contribution in [0, 0.1) is 0 Å². The number of H-pyrrole nitrogens is 1. The van der Waals surface area contributed by atoms with Crippen molar-refractivity contribution < 1.29 is 0 Å². The highest BCUT2D eigenvalue weighted by atomic mass is 16.1. The molecule has 0 aliphatic heterocycles. The number of hydrogen-bond acceptors (Lipinski definition) is 2. The van der Waals surface area contributed by atoms with Crippen LogP contribution >= 0.6 is 0 Å². The van der Waals surface area contributed by atoms with Crippen LogP contribution in [0.5, 0.6) is 0 Å². The second-order valence-electron chi connectivity index (χ2n) is 4.69. The van der Waals surface area contributed by atoms with E-state index in [1.165, 1.54) is 0 Å². The molecular formula is C18H18N2O. The molecule has 0 radical (unpaired) electrons. The molecule has 2 rings (SSSR count). The minimum absolute atomic E-state index is 0.0950. The smallest absolute Gasteiger partial charge is 0.309 e. The molecule has 106 valence electrons. The molecule has 3 heteroatoms. The van der Waals surface area contributed by atoms with E-state index in [1.807, 2.05) is 67.6 Å². The van der Waals surface area contributed by atoms with E-state index in [-0.39, 0.29) is 11.6 Å². The third kappa shape index (κ3) is 4.14. The Morgan fingerprint density at radius 2 is 1.95 bits per heavy atom. The molecule has 2 aromatic rings. The van der Waals surface area contributed by atoms with Gasteiger partial charge >= 0.3 is 5.69 Å². The van der Waals surface area contributed by atoms with Crippen molar-refractivity contribution in [3.05, 3.63) is 89.5 Å². The summed E-state index contributed by atoms with van der Waals surface area (Å²) in [7, 11) is 0. The van der Waals surface area contributed by atoms with Crippen LogP contribution in [0.4, 0.5) is 0 Å². The Morgan fingerprint density at radius 1 is 1.19 bits per heavy atom. The molecule has 1 atom stereocenters. The van der Waals surface area contributed by atoms with Gasteiger partial charge < -0.3 is 4.98 Å². The summed E-state index contributed by atoms with van der Waals surface area (Å²) >= 11 is 0. The SMILES string of the molecule is C=C/C=C\C=C/C(C)c1cc(-c2ccccc2)nc(=O)[nH]1. The molecule has 0 amide bonds. The fourth-order valence-corrected chi connectivity index (χ4v) is 1.96.